The Morgan fingerprint density at radius 3 is 2.08 bits per heavy atom. The molecule has 1 aromatic rings. The third-order valence-electron chi connectivity index (χ3n) is 2.76. The maximum Gasteiger partial charge on any atom is 0.341 e. The molecule has 0 aliphatic rings. The number of esters is 2. The number of allylic oxidation sites excluding steroid dienone is 1. The van der Waals surface area contributed by atoms with Gasteiger partial charge in [-0.25, -0.2) is 9.59 Å². The van der Waals surface area contributed by atoms with Gasteiger partial charge in [0.25, 0.3) is 5.69 Å². The first-order chi connectivity index (χ1) is 12.1. The number of rotatable bonds is 5. The molecule has 0 heterocycles. The van der Waals surface area contributed by atoms with Gasteiger partial charge in [0, 0.05) is 17.8 Å². The Bertz CT molecular complexity index is 747. The molecule has 0 aromatic heterocycles. The van der Waals surface area contributed by atoms with Crippen LogP contribution in [0.25, 0.3) is 6.08 Å². The Morgan fingerprint density at radius 2 is 1.69 bits per heavy atom. The van der Waals surface area contributed by atoms with Crippen molar-refractivity contribution in [2.24, 2.45) is 5.73 Å². The zero-order valence-corrected chi connectivity index (χ0v) is 14.8. The number of carbonyl (C=O) groups excluding carboxylic acids is 3. The van der Waals surface area contributed by atoms with Crippen LogP contribution in [-0.4, -0.2) is 36.9 Å². The molecule has 0 atom stereocenters. The molecule has 0 bridgehead atoms. The summed E-state index contributed by atoms with van der Waals surface area (Å²) in [5, 5.41) is 10.8. The number of hydrogen-bond donors (Lipinski definition) is 1. The van der Waals surface area contributed by atoms with Crippen molar-refractivity contribution in [1.82, 2.24) is 0 Å². The highest BCUT2D eigenvalue weighted by atomic mass is 16.6. The molecule has 9 heteroatoms. The second-order valence-electron chi connectivity index (χ2n) is 4.83. The molecule has 0 amide bonds. The average molecular weight is 364 g/mol. The van der Waals surface area contributed by atoms with Crippen molar-refractivity contribution in [1.29, 1.82) is 0 Å². The minimum absolute atomic E-state index is 0.179. The molecule has 0 saturated carbocycles. The lowest BCUT2D eigenvalue weighted by Gasteiger charge is -2.02. The second kappa shape index (κ2) is 11.1. The topological polar surface area (TPSA) is 139 Å². The number of carbonyl (C=O) groups is 3. The third-order valence-corrected chi connectivity index (χ3v) is 2.76. The van der Waals surface area contributed by atoms with Crippen LogP contribution in [0, 0.1) is 10.1 Å². The van der Waals surface area contributed by atoms with Gasteiger partial charge in [0.15, 0.2) is 5.78 Å². The van der Waals surface area contributed by atoms with Gasteiger partial charge in [-0.15, -0.1) is 0 Å². The number of ether oxygens (including phenoxy) is 2. The first-order valence-electron chi connectivity index (χ1n) is 7.20. The van der Waals surface area contributed by atoms with Gasteiger partial charge in [0.1, 0.15) is 5.57 Å². The van der Waals surface area contributed by atoms with Gasteiger partial charge >= 0.3 is 11.9 Å². The summed E-state index contributed by atoms with van der Waals surface area (Å²) >= 11 is 0. The molecular weight excluding hydrogens is 344 g/mol. The Morgan fingerprint density at radius 1 is 1.12 bits per heavy atom. The Balaban J connectivity index is 0.000000660. The summed E-state index contributed by atoms with van der Waals surface area (Å²) in [7, 11) is 2.44. The SMILES string of the molecule is COC(=O)/C=C(/C)N.COC(=O)C(=Cc1ccccc1[N+](=O)[O-])C(C)=O. The van der Waals surface area contributed by atoms with Crippen LogP contribution in [0.4, 0.5) is 5.69 Å². The molecule has 1 rings (SSSR count). The normalized spacial score (nSPS) is 10.9. The second-order valence-corrected chi connectivity index (χ2v) is 4.83. The number of ketones is 1. The van der Waals surface area contributed by atoms with E-state index in [1.54, 1.807) is 13.0 Å². The molecular formula is C17H20N2O7. The molecule has 0 spiro atoms. The number of nitro groups is 1. The largest absolute Gasteiger partial charge is 0.466 e. The molecule has 1 aromatic carbocycles. The monoisotopic (exact) mass is 364 g/mol. The molecule has 9 nitrogen and oxygen atoms in total. The van der Waals surface area contributed by atoms with Crippen LogP contribution in [0.3, 0.4) is 0 Å². The van der Waals surface area contributed by atoms with Gasteiger partial charge in [-0.05, 0) is 26.0 Å². The highest BCUT2D eigenvalue weighted by Crippen LogP contribution is 2.21. The highest BCUT2D eigenvalue weighted by Gasteiger charge is 2.18. The van der Waals surface area contributed by atoms with Crippen molar-refractivity contribution in [2.75, 3.05) is 14.2 Å². The fourth-order valence-electron chi connectivity index (χ4n) is 1.59. The number of nitrogens with two attached hydrogens (primary N) is 1. The van der Waals surface area contributed by atoms with Crippen molar-refractivity contribution in [2.45, 2.75) is 13.8 Å². The van der Waals surface area contributed by atoms with Gasteiger partial charge in [-0.2, -0.15) is 0 Å². The van der Waals surface area contributed by atoms with E-state index in [1.165, 1.54) is 38.3 Å². The van der Waals surface area contributed by atoms with E-state index in [2.05, 4.69) is 9.47 Å². The number of nitrogens with zero attached hydrogens (tertiary/aromatic N) is 1. The van der Waals surface area contributed by atoms with Gasteiger partial charge in [0.05, 0.1) is 24.7 Å². The smallest absolute Gasteiger partial charge is 0.341 e. The minimum Gasteiger partial charge on any atom is -0.466 e. The number of benzene rings is 1. The van der Waals surface area contributed by atoms with Gasteiger partial charge in [0.2, 0.25) is 0 Å². The van der Waals surface area contributed by atoms with Crippen molar-refractivity contribution >= 4 is 29.5 Å². The van der Waals surface area contributed by atoms with E-state index in [4.69, 9.17) is 5.73 Å². The van der Waals surface area contributed by atoms with Gasteiger partial charge in [-0.1, -0.05) is 12.1 Å². The van der Waals surface area contributed by atoms with Crippen LogP contribution in [-0.2, 0) is 23.9 Å². The number of hydrogen-bond acceptors (Lipinski definition) is 8. The average Bonchev–Trinajstić information content (AvgIpc) is 2.58. The van der Waals surface area contributed by atoms with E-state index in [0.717, 1.165) is 13.2 Å². The van der Waals surface area contributed by atoms with Crippen LogP contribution in [0.5, 0.6) is 0 Å². The molecule has 0 unspecified atom stereocenters. The molecule has 0 aliphatic heterocycles. The van der Waals surface area contributed by atoms with Gasteiger partial charge < -0.3 is 15.2 Å². The summed E-state index contributed by atoms with van der Waals surface area (Å²) in [6.45, 7) is 2.81. The first kappa shape index (κ1) is 22.5. The summed E-state index contributed by atoms with van der Waals surface area (Å²) in [5.74, 6) is -1.74. The Labute approximate surface area is 150 Å². The van der Waals surface area contributed by atoms with E-state index in [0.29, 0.717) is 5.70 Å². The molecule has 0 saturated heterocycles. The van der Waals surface area contributed by atoms with Crippen LogP contribution in [0.15, 0.2) is 41.6 Å². The molecule has 26 heavy (non-hydrogen) atoms. The number of para-hydroxylation sites is 1. The lowest BCUT2D eigenvalue weighted by Crippen LogP contribution is -2.11. The molecule has 140 valence electrons. The van der Waals surface area contributed by atoms with Gasteiger partial charge in [-0.3, -0.25) is 14.9 Å². The zero-order valence-electron chi connectivity index (χ0n) is 14.8. The molecule has 0 fully saturated rings. The van der Waals surface area contributed by atoms with Crippen molar-refractivity contribution in [3.05, 3.63) is 57.3 Å². The van der Waals surface area contributed by atoms with Crippen LogP contribution in [0.1, 0.15) is 19.4 Å². The standard InChI is InChI=1S/C12H11NO5.C5H9NO2/c1-8(14)10(12(15)18-2)7-9-5-3-4-6-11(9)13(16)17;1-4(6)3-5(7)8-2/h3-7H,1-2H3;3H,6H2,1-2H3/b;4-3-. The van der Waals surface area contributed by atoms with E-state index in [1.807, 2.05) is 0 Å². The van der Waals surface area contributed by atoms with Crippen molar-refractivity contribution in [3.8, 4) is 0 Å². The predicted molar refractivity (Wildman–Crippen MR) is 93.7 cm³/mol. The zero-order chi connectivity index (χ0) is 20.3. The van der Waals surface area contributed by atoms with E-state index in [9.17, 15) is 24.5 Å². The predicted octanol–water partition coefficient (Wildman–Crippen LogP) is 1.76. The summed E-state index contributed by atoms with van der Waals surface area (Å²) in [5.41, 5.74) is 5.35. The minimum atomic E-state index is -0.819. The van der Waals surface area contributed by atoms with Crippen molar-refractivity contribution in [3.63, 3.8) is 0 Å². The molecule has 0 radical (unpaired) electrons. The van der Waals surface area contributed by atoms with Crippen LogP contribution in [0.2, 0.25) is 0 Å². The summed E-state index contributed by atoms with van der Waals surface area (Å²) in [6.07, 6.45) is 2.38. The maximum atomic E-state index is 11.4. The Hall–Kier alpha value is -3.49. The highest BCUT2D eigenvalue weighted by molar-refractivity contribution is 6.19. The fourth-order valence-corrected chi connectivity index (χ4v) is 1.59. The quantitative estimate of drug-likeness (QED) is 0.208. The number of Topliss-reactive ketones (excluding diaryl/α,β-unsaturated/α-hetero) is 1. The lowest BCUT2D eigenvalue weighted by molar-refractivity contribution is -0.385. The first-order valence-corrected chi connectivity index (χ1v) is 7.20. The van der Waals surface area contributed by atoms with Crippen LogP contribution < -0.4 is 5.73 Å². The summed E-state index contributed by atoms with van der Waals surface area (Å²) < 4.78 is 8.71. The summed E-state index contributed by atoms with van der Waals surface area (Å²) in [6, 6.07) is 5.82. The number of methoxy groups -OCH3 is 2. The van der Waals surface area contributed by atoms with E-state index in [-0.39, 0.29) is 16.8 Å². The van der Waals surface area contributed by atoms with E-state index < -0.39 is 22.6 Å². The van der Waals surface area contributed by atoms with E-state index >= 15 is 0 Å². The summed E-state index contributed by atoms with van der Waals surface area (Å²) in [4.78, 5) is 43.1. The molecule has 0 aliphatic carbocycles. The van der Waals surface area contributed by atoms with Crippen LogP contribution >= 0.6 is 0 Å². The van der Waals surface area contributed by atoms with Crippen molar-refractivity contribution < 1.29 is 28.8 Å². The third kappa shape index (κ3) is 7.86. The lowest BCUT2D eigenvalue weighted by atomic mass is 10.1. The maximum absolute atomic E-state index is 11.4. The number of nitro benzene ring substituents is 1. The fraction of sp³-hybridized carbons (Fsp3) is 0.235. The Kier molecular flexibility index (Phi) is 9.64. The molecule has 2 N–H and O–H groups in total.